The van der Waals surface area contributed by atoms with Crippen molar-refractivity contribution in [2.75, 3.05) is 32.6 Å². The molecule has 5 nitrogen and oxygen atoms in total. The minimum absolute atomic E-state index is 0.0695. The summed E-state index contributed by atoms with van der Waals surface area (Å²) in [6.07, 6.45) is 3.21. The molecular formula is C19H24FN3O2. The molecule has 134 valence electrons. The van der Waals surface area contributed by atoms with E-state index in [9.17, 15) is 14.4 Å². The van der Waals surface area contributed by atoms with Gasteiger partial charge in [0.15, 0.2) is 0 Å². The Morgan fingerprint density at radius 2 is 2.16 bits per heavy atom. The number of ether oxygens (including phenoxy) is 1. The Hall–Kier alpha value is -2.81. The molecule has 1 aromatic rings. The number of carbonyl (C=O) groups excluding carboxylic acids is 1. The third-order valence-electron chi connectivity index (χ3n) is 3.68. The molecule has 1 aromatic carbocycles. The average molecular weight is 345 g/mol. The van der Waals surface area contributed by atoms with E-state index in [2.05, 4.69) is 0 Å². The Bertz CT molecular complexity index is 733. The van der Waals surface area contributed by atoms with E-state index in [4.69, 9.17) is 10.5 Å². The summed E-state index contributed by atoms with van der Waals surface area (Å²) in [6, 6.07) is 5.32. The number of carbonyl (C=O) groups is 1. The predicted molar refractivity (Wildman–Crippen MR) is 97.7 cm³/mol. The Balaban J connectivity index is 3.18. The normalized spacial score (nSPS) is 11.8. The third-order valence-corrected chi connectivity index (χ3v) is 3.68. The number of hydrogen-bond acceptors (Lipinski definition) is 5. The number of ketones is 1. The molecule has 0 saturated heterocycles. The van der Waals surface area contributed by atoms with Gasteiger partial charge in [-0.1, -0.05) is 0 Å². The summed E-state index contributed by atoms with van der Waals surface area (Å²) in [4.78, 5) is 14.2. The molecular weight excluding hydrogens is 321 g/mol. The summed E-state index contributed by atoms with van der Waals surface area (Å²) in [5, 5.41) is 9.22. The SMILES string of the molecule is CCN(C)/C=C(\C#N)C(=O)/C(C)=C/c1cc(OCCF)c(N)cc1C. The molecule has 0 aliphatic heterocycles. The first-order valence-corrected chi connectivity index (χ1v) is 7.98. The zero-order valence-electron chi connectivity index (χ0n) is 15.1. The molecule has 2 N–H and O–H groups in total. The van der Waals surface area contributed by atoms with Gasteiger partial charge in [-0.3, -0.25) is 4.79 Å². The average Bonchev–Trinajstić information content (AvgIpc) is 2.59. The van der Waals surface area contributed by atoms with Crippen LogP contribution < -0.4 is 10.5 Å². The van der Waals surface area contributed by atoms with Crippen LogP contribution in [0.3, 0.4) is 0 Å². The zero-order chi connectivity index (χ0) is 19.0. The maximum absolute atomic E-state index is 12.5. The van der Waals surface area contributed by atoms with E-state index in [1.165, 1.54) is 6.20 Å². The van der Waals surface area contributed by atoms with Gasteiger partial charge in [0.25, 0.3) is 0 Å². The summed E-state index contributed by atoms with van der Waals surface area (Å²) < 4.78 is 17.6. The van der Waals surface area contributed by atoms with Gasteiger partial charge in [0.1, 0.15) is 30.7 Å². The second-order valence-corrected chi connectivity index (χ2v) is 5.67. The lowest BCUT2D eigenvalue weighted by atomic mass is 10.0. The summed E-state index contributed by atoms with van der Waals surface area (Å²) in [6.45, 7) is 5.42. The van der Waals surface area contributed by atoms with Crippen molar-refractivity contribution in [1.29, 1.82) is 5.26 Å². The zero-order valence-corrected chi connectivity index (χ0v) is 15.1. The van der Waals surface area contributed by atoms with E-state index >= 15 is 0 Å². The van der Waals surface area contributed by atoms with E-state index < -0.39 is 6.67 Å². The molecule has 0 aliphatic rings. The number of allylic oxidation sites excluding steroid dienone is 2. The monoisotopic (exact) mass is 345 g/mol. The van der Waals surface area contributed by atoms with E-state index in [0.717, 1.165) is 11.1 Å². The molecule has 0 fully saturated rings. The van der Waals surface area contributed by atoms with Gasteiger partial charge >= 0.3 is 0 Å². The van der Waals surface area contributed by atoms with Crippen LogP contribution in [-0.2, 0) is 4.79 Å². The minimum atomic E-state index is -0.614. The van der Waals surface area contributed by atoms with Gasteiger partial charge in [-0.15, -0.1) is 0 Å². The van der Waals surface area contributed by atoms with Gasteiger partial charge in [-0.05, 0) is 55.7 Å². The van der Waals surface area contributed by atoms with Crippen molar-refractivity contribution in [3.63, 3.8) is 0 Å². The molecule has 25 heavy (non-hydrogen) atoms. The fourth-order valence-corrected chi connectivity index (χ4v) is 2.12. The maximum Gasteiger partial charge on any atom is 0.200 e. The Labute approximate surface area is 148 Å². The van der Waals surface area contributed by atoms with Crippen LogP contribution in [0.1, 0.15) is 25.0 Å². The molecule has 0 atom stereocenters. The van der Waals surface area contributed by atoms with Gasteiger partial charge in [-0.25, -0.2) is 4.39 Å². The topological polar surface area (TPSA) is 79.3 Å². The van der Waals surface area contributed by atoms with Crippen molar-refractivity contribution < 1.29 is 13.9 Å². The number of anilines is 1. The summed E-state index contributed by atoms with van der Waals surface area (Å²) in [5.41, 5.74) is 8.35. The van der Waals surface area contributed by atoms with Crippen LogP contribution >= 0.6 is 0 Å². The van der Waals surface area contributed by atoms with Gasteiger partial charge in [0.05, 0.1) is 5.69 Å². The molecule has 0 bridgehead atoms. The summed E-state index contributed by atoms with van der Waals surface area (Å²) in [7, 11) is 1.79. The minimum Gasteiger partial charge on any atom is -0.489 e. The van der Waals surface area contributed by atoms with Crippen molar-refractivity contribution >= 4 is 17.5 Å². The first-order valence-electron chi connectivity index (χ1n) is 7.98. The largest absolute Gasteiger partial charge is 0.489 e. The third kappa shape index (κ3) is 5.64. The second-order valence-electron chi connectivity index (χ2n) is 5.67. The van der Waals surface area contributed by atoms with Crippen LogP contribution in [0.2, 0.25) is 0 Å². The summed E-state index contributed by atoms with van der Waals surface area (Å²) >= 11 is 0. The number of alkyl halides is 1. The lowest BCUT2D eigenvalue weighted by molar-refractivity contribution is -0.111. The fourth-order valence-electron chi connectivity index (χ4n) is 2.12. The van der Waals surface area contributed by atoms with Crippen molar-refractivity contribution in [2.24, 2.45) is 0 Å². The van der Waals surface area contributed by atoms with Gasteiger partial charge in [-0.2, -0.15) is 5.26 Å². The smallest absolute Gasteiger partial charge is 0.200 e. The highest BCUT2D eigenvalue weighted by Crippen LogP contribution is 2.27. The number of nitrogen functional groups attached to an aromatic ring is 1. The van der Waals surface area contributed by atoms with E-state index in [0.29, 0.717) is 23.6 Å². The number of nitrogens with two attached hydrogens (primary N) is 1. The summed E-state index contributed by atoms with van der Waals surface area (Å²) in [5.74, 6) is 0.0294. The molecule has 0 saturated carbocycles. The number of nitrogens with zero attached hydrogens (tertiary/aromatic N) is 2. The molecule has 0 amide bonds. The van der Waals surface area contributed by atoms with Gasteiger partial charge in [0, 0.05) is 19.8 Å². The number of nitriles is 1. The van der Waals surface area contributed by atoms with Crippen LogP contribution in [-0.4, -0.2) is 37.6 Å². The highest BCUT2D eigenvalue weighted by Gasteiger charge is 2.13. The highest BCUT2D eigenvalue weighted by molar-refractivity contribution is 6.12. The molecule has 1 rings (SSSR count). The Kier molecular flexibility index (Phi) is 7.67. The molecule has 0 aromatic heterocycles. The number of hydrogen-bond donors (Lipinski definition) is 1. The molecule has 0 heterocycles. The molecule has 0 unspecified atom stereocenters. The first-order chi connectivity index (χ1) is 11.8. The quantitative estimate of drug-likeness (QED) is 0.444. The molecule has 6 heteroatoms. The van der Waals surface area contributed by atoms with Gasteiger partial charge in [0.2, 0.25) is 5.78 Å². The fraction of sp³-hybridized carbons (Fsp3) is 0.368. The first kappa shape index (κ1) is 20.2. The highest BCUT2D eigenvalue weighted by atomic mass is 19.1. The van der Waals surface area contributed by atoms with Gasteiger partial charge < -0.3 is 15.4 Å². The van der Waals surface area contributed by atoms with Crippen molar-refractivity contribution in [1.82, 2.24) is 4.90 Å². The molecule has 0 aliphatic carbocycles. The Morgan fingerprint density at radius 1 is 1.48 bits per heavy atom. The van der Waals surface area contributed by atoms with Crippen molar-refractivity contribution in [3.8, 4) is 11.8 Å². The number of benzene rings is 1. The number of aryl methyl sites for hydroxylation is 1. The lowest BCUT2D eigenvalue weighted by Gasteiger charge is -2.12. The molecule has 0 radical (unpaired) electrons. The number of rotatable bonds is 8. The number of Topliss-reactive ketones (excluding diaryl/α,β-unsaturated/α-hetero) is 1. The van der Waals surface area contributed by atoms with Crippen LogP contribution in [0.15, 0.2) is 29.5 Å². The Morgan fingerprint density at radius 3 is 2.72 bits per heavy atom. The predicted octanol–water partition coefficient (Wildman–Crippen LogP) is 3.26. The van der Waals surface area contributed by atoms with Crippen LogP contribution in [0, 0.1) is 18.3 Å². The molecule has 0 spiro atoms. The van der Waals surface area contributed by atoms with Crippen molar-refractivity contribution in [2.45, 2.75) is 20.8 Å². The van der Waals surface area contributed by atoms with Crippen molar-refractivity contribution in [3.05, 3.63) is 40.6 Å². The second kappa shape index (κ2) is 9.48. The number of halogens is 1. The van der Waals surface area contributed by atoms with Crippen LogP contribution in [0.4, 0.5) is 10.1 Å². The maximum atomic E-state index is 12.5. The van der Waals surface area contributed by atoms with Crippen LogP contribution in [0.25, 0.3) is 6.08 Å². The standard InChI is InChI=1S/C19H24FN3O2/c1-5-23(4)12-16(11-21)19(24)14(3)8-15-10-18(25-7-6-20)17(22)9-13(15)2/h8-10,12H,5-7,22H2,1-4H3/b14-8+,16-12+. The lowest BCUT2D eigenvalue weighted by Crippen LogP contribution is -2.13. The van der Waals surface area contributed by atoms with E-state index in [1.807, 2.05) is 19.9 Å². The van der Waals surface area contributed by atoms with E-state index in [-0.39, 0.29) is 18.0 Å². The van der Waals surface area contributed by atoms with Crippen LogP contribution in [0.5, 0.6) is 5.75 Å². The van der Waals surface area contributed by atoms with E-state index in [1.54, 1.807) is 37.1 Å².